The minimum absolute atomic E-state index is 0.180. The second-order valence-electron chi connectivity index (χ2n) is 8.85. The van der Waals surface area contributed by atoms with Gasteiger partial charge in [0.25, 0.3) is 0 Å². The lowest BCUT2D eigenvalue weighted by Crippen LogP contribution is -2.51. The monoisotopic (exact) mass is 467 g/mol. The van der Waals surface area contributed by atoms with Gasteiger partial charge in [0.1, 0.15) is 11.9 Å². The van der Waals surface area contributed by atoms with E-state index < -0.39 is 12.1 Å². The highest BCUT2D eigenvalue weighted by Gasteiger charge is 2.27. The van der Waals surface area contributed by atoms with Gasteiger partial charge in [0.15, 0.2) is 11.6 Å². The number of hydrogen-bond donors (Lipinski definition) is 2. The number of amides is 3. The van der Waals surface area contributed by atoms with Crippen molar-refractivity contribution in [1.82, 2.24) is 10.2 Å². The van der Waals surface area contributed by atoms with Gasteiger partial charge >= 0.3 is 6.03 Å². The number of benzene rings is 2. The molecule has 2 aromatic carbocycles. The average molecular weight is 468 g/mol. The Morgan fingerprint density at radius 1 is 1.03 bits per heavy atom. The smallest absolute Gasteiger partial charge is 0.319 e. The molecule has 0 aliphatic carbocycles. The predicted molar refractivity (Wildman–Crippen MR) is 127 cm³/mol. The summed E-state index contributed by atoms with van der Waals surface area (Å²) in [6.07, 6.45) is 2.61. The van der Waals surface area contributed by atoms with Crippen LogP contribution in [0.3, 0.4) is 0 Å². The summed E-state index contributed by atoms with van der Waals surface area (Å²) in [5.41, 5.74) is 1.96. The fourth-order valence-electron chi connectivity index (χ4n) is 4.19. The third-order valence-electron chi connectivity index (χ3n) is 5.99. The molecule has 1 unspecified atom stereocenters. The quantitative estimate of drug-likeness (QED) is 0.596. The van der Waals surface area contributed by atoms with Crippen LogP contribution in [-0.2, 0) is 11.2 Å². The van der Waals surface area contributed by atoms with E-state index >= 15 is 0 Å². The Morgan fingerprint density at radius 2 is 1.65 bits per heavy atom. The molecule has 34 heavy (non-hydrogen) atoms. The van der Waals surface area contributed by atoms with Crippen molar-refractivity contribution in [2.24, 2.45) is 5.92 Å². The minimum atomic E-state index is -0.757. The van der Waals surface area contributed by atoms with E-state index in [0.29, 0.717) is 29.9 Å². The zero-order chi connectivity index (χ0) is 24.8. The van der Waals surface area contributed by atoms with E-state index in [1.807, 2.05) is 0 Å². The minimum Gasteiger partial charge on any atom is -0.341 e. The number of hydrogen-bond acceptors (Lipinski definition) is 4. The molecule has 7 nitrogen and oxygen atoms in total. The first-order valence-corrected chi connectivity index (χ1v) is 11.4. The van der Waals surface area contributed by atoms with Crippen LogP contribution < -0.4 is 10.6 Å². The molecule has 2 N–H and O–H groups in total. The van der Waals surface area contributed by atoms with Crippen molar-refractivity contribution in [2.75, 3.05) is 18.4 Å². The first-order valence-electron chi connectivity index (χ1n) is 11.4. The lowest BCUT2D eigenvalue weighted by atomic mass is 9.91. The van der Waals surface area contributed by atoms with Gasteiger partial charge in [-0.2, -0.15) is 0 Å². The van der Waals surface area contributed by atoms with Gasteiger partial charge in [-0.25, -0.2) is 9.18 Å². The summed E-state index contributed by atoms with van der Waals surface area (Å²) < 4.78 is 13.2. The molecule has 1 heterocycles. The fourth-order valence-corrected chi connectivity index (χ4v) is 4.19. The number of ketones is 2. The van der Waals surface area contributed by atoms with E-state index in [1.165, 1.54) is 44.2 Å². The molecule has 2 aromatic rings. The predicted octanol–water partition coefficient (Wildman–Crippen LogP) is 4.22. The summed E-state index contributed by atoms with van der Waals surface area (Å²) in [7, 11) is 0. The molecule has 0 aromatic heterocycles. The second kappa shape index (κ2) is 11.0. The number of nitrogens with zero attached hydrogens (tertiary/aromatic N) is 1. The van der Waals surface area contributed by atoms with Crippen LogP contribution in [0.2, 0.25) is 0 Å². The summed E-state index contributed by atoms with van der Waals surface area (Å²) in [5.74, 6) is -0.636. The van der Waals surface area contributed by atoms with Gasteiger partial charge in [0, 0.05) is 29.9 Å². The zero-order valence-corrected chi connectivity index (χ0v) is 19.7. The molecule has 0 bridgehead atoms. The first-order chi connectivity index (χ1) is 16.1. The Labute approximate surface area is 198 Å². The SMILES string of the molecule is CC(=O)c1cc(NC(=O)N[C@@H](C)C(=O)N2CCCC(Cc3ccc(F)cc3)C2)cc(C(C)=O)c1. The maximum absolute atomic E-state index is 13.2. The van der Waals surface area contributed by atoms with E-state index in [0.717, 1.165) is 24.8 Å². The number of carbonyl (C=O) groups excluding carboxylic acids is 4. The lowest BCUT2D eigenvalue weighted by Gasteiger charge is -2.34. The van der Waals surface area contributed by atoms with E-state index in [-0.39, 0.29) is 29.2 Å². The van der Waals surface area contributed by atoms with Crippen LogP contribution in [0.15, 0.2) is 42.5 Å². The maximum Gasteiger partial charge on any atom is 0.319 e. The van der Waals surface area contributed by atoms with Crippen molar-refractivity contribution >= 4 is 29.2 Å². The van der Waals surface area contributed by atoms with Crippen molar-refractivity contribution < 1.29 is 23.6 Å². The number of urea groups is 1. The molecular formula is C26H30FN3O4. The number of halogens is 1. The molecule has 1 fully saturated rings. The van der Waals surface area contributed by atoms with Gasteiger partial charge in [-0.3, -0.25) is 14.4 Å². The number of rotatable bonds is 7. The number of carbonyl (C=O) groups is 4. The Balaban J connectivity index is 1.58. The third-order valence-corrected chi connectivity index (χ3v) is 5.99. The second-order valence-corrected chi connectivity index (χ2v) is 8.85. The molecule has 8 heteroatoms. The average Bonchev–Trinajstić information content (AvgIpc) is 2.79. The van der Waals surface area contributed by atoms with Gasteiger partial charge in [0.2, 0.25) is 5.91 Å². The van der Waals surface area contributed by atoms with Crippen LogP contribution in [0.1, 0.15) is 59.9 Å². The van der Waals surface area contributed by atoms with Crippen LogP contribution in [0.25, 0.3) is 0 Å². The number of Topliss-reactive ketones (excluding diaryl/α,β-unsaturated/α-hetero) is 2. The molecule has 0 saturated carbocycles. The van der Waals surface area contributed by atoms with Crippen molar-refractivity contribution in [1.29, 1.82) is 0 Å². The highest BCUT2D eigenvalue weighted by Crippen LogP contribution is 2.22. The lowest BCUT2D eigenvalue weighted by molar-refractivity contribution is -0.134. The summed E-state index contributed by atoms with van der Waals surface area (Å²) in [5, 5.41) is 5.25. The van der Waals surface area contributed by atoms with Crippen molar-refractivity contribution in [3.8, 4) is 0 Å². The Hall–Kier alpha value is -3.55. The van der Waals surface area contributed by atoms with E-state index in [1.54, 1.807) is 24.0 Å². The molecule has 0 spiro atoms. The Morgan fingerprint density at radius 3 is 2.24 bits per heavy atom. The van der Waals surface area contributed by atoms with Gasteiger partial charge < -0.3 is 15.5 Å². The molecule has 1 aliphatic rings. The highest BCUT2D eigenvalue weighted by molar-refractivity contribution is 6.02. The van der Waals surface area contributed by atoms with Gasteiger partial charge in [-0.1, -0.05) is 12.1 Å². The van der Waals surface area contributed by atoms with Gasteiger partial charge in [-0.15, -0.1) is 0 Å². The zero-order valence-electron chi connectivity index (χ0n) is 19.7. The van der Waals surface area contributed by atoms with E-state index in [9.17, 15) is 23.6 Å². The molecular weight excluding hydrogens is 437 g/mol. The fraction of sp³-hybridized carbons (Fsp3) is 0.385. The molecule has 3 rings (SSSR count). The number of likely N-dealkylation sites (tertiary alicyclic amines) is 1. The van der Waals surface area contributed by atoms with Crippen molar-refractivity contribution in [2.45, 2.75) is 46.1 Å². The largest absolute Gasteiger partial charge is 0.341 e. The molecule has 1 aliphatic heterocycles. The van der Waals surface area contributed by atoms with Crippen LogP contribution in [-0.4, -0.2) is 47.5 Å². The summed E-state index contributed by atoms with van der Waals surface area (Å²) in [6, 6.07) is 9.53. The molecule has 0 radical (unpaired) electrons. The van der Waals surface area contributed by atoms with Crippen LogP contribution in [0, 0.1) is 11.7 Å². The molecule has 2 atom stereocenters. The first kappa shape index (κ1) is 25.1. The third kappa shape index (κ3) is 6.73. The van der Waals surface area contributed by atoms with Crippen molar-refractivity contribution in [3.63, 3.8) is 0 Å². The summed E-state index contributed by atoms with van der Waals surface area (Å²) in [6.45, 7) is 5.58. The van der Waals surface area contributed by atoms with Crippen molar-refractivity contribution in [3.05, 3.63) is 65.0 Å². The number of piperidine rings is 1. The van der Waals surface area contributed by atoms with Gasteiger partial charge in [-0.05, 0) is 81.8 Å². The molecule has 180 valence electrons. The highest BCUT2D eigenvalue weighted by atomic mass is 19.1. The summed E-state index contributed by atoms with van der Waals surface area (Å²) in [4.78, 5) is 50.7. The molecule has 3 amide bonds. The molecule has 1 saturated heterocycles. The maximum atomic E-state index is 13.2. The Bertz CT molecular complexity index is 1050. The van der Waals surface area contributed by atoms with Crippen LogP contribution in [0.4, 0.5) is 14.9 Å². The van der Waals surface area contributed by atoms with Crippen LogP contribution >= 0.6 is 0 Å². The Kier molecular flexibility index (Phi) is 8.15. The van der Waals surface area contributed by atoms with E-state index in [2.05, 4.69) is 10.6 Å². The standard InChI is InChI=1S/C26H30FN3O4/c1-16(28-26(34)29-24-13-21(17(2)31)12-22(14-24)18(3)32)25(33)30-10-4-5-20(15-30)11-19-6-8-23(27)9-7-19/h6-9,12-14,16,20H,4-5,10-11,15H2,1-3H3,(H2,28,29,34)/t16-,20?/m0/s1. The van der Waals surface area contributed by atoms with Gasteiger partial charge in [0.05, 0.1) is 0 Å². The normalized spacial score (nSPS) is 16.5. The number of nitrogens with one attached hydrogen (secondary N) is 2. The van der Waals surface area contributed by atoms with Crippen LogP contribution in [0.5, 0.6) is 0 Å². The number of anilines is 1. The van der Waals surface area contributed by atoms with E-state index in [4.69, 9.17) is 0 Å². The summed E-state index contributed by atoms with van der Waals surface area (Å²) >= 11 is 0. The topological polar surface area (TPSA) is 95.6 Å².